The Balaban J connectivity index is 1.43. The van der Waals surface area contributed by atoms with Gasteiger partial charge in [-0.25, -0.2) is 4.68 Å². The molecule has 1 N–H and O–H groups in total. The Morgan fingerprint density at radius 2 is 1.89 bits per heavy atom. The maximum Gasteiger partial charge on any atom is 0.269 e. The molecular weight excluding hydrogens is 352 g/mol. The van der Waals surface area contributed by atoms with Crippen molar-refractivity contribution in [2.24, 2.45) is 0 Å². The van der Waals surface area contributed by atoms with Crippen molar-refractivity contribution in [2.45, 2.75) is 51.3 Å². The number of hydrogen-bond donors (Lipinski definition) is 1. The molecule has 2 aromatic rings. The standard InChI is InChI=1S/C22H30N4O2/c1-2-17-5-7-18(8-6-17)14-24-10-3-4-19(15-24)26-22(28)12-20(13-23-26)25-11-9-21(27)16-25/h5-8,12-13,19,21,27H,2-4,9-11,14-16H2,1H3/t19?,21-/m0/s1. The van der Waals surface area contributed by atoms with Crippen LogP contribution in [0.2, 0.25) is 0 Å². The van der Waals surface area contributed by atoms with Crippen molar-refractivity contribution >= 4 is 5.69 Å². The highest BCUT2D eigenvalue weighted by Crippen LogP contribution is 2.23. The fraction of sp³-hybridized carbons (Fsp3) is 0.545. The number of nitrogens with zero attached hydrogens (tertiary/aromatic N) is 4. The number of aromatic nitrogens is 2. The van der Waals surface area contributed by atoms with Gasteiger partial charge in [0.1, 0.15) is 0 Å². The van der Waals surface area contributed by atoms with E-state index in [2.05, 4.69) is 41.2 Å². The topological polar surface area (TPSA) is 61.6 Å². The Labute approximate surface area is 166 Å². The van der Waals surface area contributed by atoms with Gasteiger partial charge in [0.2, 0.25) is 0 Å². The number of rotatable bonds is 5. The number of anilines is 1. The fourth-order valence-corrected chi connectivity index (χ4v) is 4.34. The van der Waals surface area contributed by atoms with E-state index in [1.165, 1.54) is 11.1 Å². The summed E-state index contributed by atoms with van der Waals surface area (Å²) in [7, 11) is 0. The van der Waals surface area contributed by atoms with Crippen LogP contribution in [0, 0.1) is 0 Å². The number of likely N-dealkylation sites (tertiary alicyclic amines) is 1. The van der Waals surface area contributed by atoms with E-state index in [1.54, 1.807) is 16.9 Å². The fourth-order valence-electron chi connectivity index (χ4n) is 4.34. The van der Waals surface area contributed by atoms with Gasteiger partial charge in [-0.1, -0.05) is 31.2 Å². The van der Waals surface area contributed by atoms with Gasteiger partial charge in [0.25, 0.3) is 5.56 Å². The zero-order valence-corrected chi connectivity index (χ0v) is 16.6. The molecule has 1 unspecified atom stereocenters. The molecule has 1 aromatic heterocycles. The zero-order chi connectivity index (χ0) is 19.5. The van der Waals surface area contributed by atoms with Crippen molar-refractivity contribution in [1.82, 2.24) is 14.7 Å². The van der Waals surface area contributed by atoms with Gasteiger partial charge in [-0.3, -0.25) is 9.69 Å². The van der Waals surface area contributed by atoms with E-state index in [9.17, 15) is 9.90 Å². The molecule has 2 atom stereocenters. The molecule has 0 aliphatic carbocycles. The first-order chi connectivity index (χ1) is 13.6. The van der Waals surface area contributed by atoms with Crippen LogP contribution in [0.5, 0.6) is 0 Å². The predicted molar refractivity (Wildman–Crippen MR) is 111 cm³/mol. The van der Waals surface area contributed by atoms with Gasteiger partial charge >= 0.3 is 0 Å². The SMILES string of the molecule is CCc1ccc(CN2CCCC(n3ncc(N4CC[C@H](O)C4)cc3=O)C2)cc1. The molecule has 0 spiro atoms. The molecule has 0 saturated carbocycles. The van der Waals surface area contributed by atoms with Crippen LogP contribution in [0.15, 0.2) is 41.3 Å². The van der Waals surface area contributed by atoms with Crippen LogP contribution in [0.3, 0.4) is 0 Å². The van der Waals surface area contributed by atoms with Crippen LogP contribution < -0.4 is 10.5 Å². The summed E-state index contributed by atoms with van der Waals surface area (Å²) in [5, 5.41) is 14.2. The minimum atomic E-state index is -0.305. The lowest BCUT2D eigenvalue weighted by molar-refractivity contribution is 0.160. The lowest BCUT2D eigenvalue weighted by Crippen LogP contribution is -2.40. The summed E-state index contributed by atoms with van der Waals surface area (Å²) in [6.45, 7) is 6.36. The van der Waals surface area contributed by atoms with E-state index in [4.69, 9.17) is 0 Å². The molecule has 0 radical (unpaired) electrons. The number of piperidine rings is 1. The van der Waals surface area contributed by atoms with Crippen LogP contribution >= 0.6 is 0 Å². The number of β-amino-alcohol motifs (C(OH)–C–C–N with tert-alkyl or cyclic N) is 1. The summed E-state index contributed by atoms with van der Waals surface area (Å²) in [5.41, 5.74) is 3.46. The van der Waals surface area contributed by atoms with Gasteiger partial charge in [-0.05, 0) is 43.4 Å². The van der Waals surface area contributed by atoms with E-state index < -0.39 is 0 Å². The quantitative estimate of drug-likeness (QED) is 0.859. The van der Waals surface area contributed by atoms with E-state index in [-0.39, 0.29) is 17.7 Å². The Hall–Kier alpha value is -2.18. The first-order valence-corrected chi connectivity index (χ1v) is 10.4. The second-order valence-electron chi connectivity index (χ2n) is 8.09. The van der Waals surface area contributed by atoms with Gasteiger partial charge in [-0.15, -0.1) is 0 Å². The first kappa shape index (κ1) is 19.2. The lowest BCUT2D eigenvalue weighted by atomic mass is 10.0. The van der Waals surface area contributed by atoms with Gasteiger partial charge in [0.05, 0.1) is 24.0 Å². The highest BCUT2D eigenvalue weighted by molar-refractivity contribution is 5.44. The van der Waals surface area contributed by atoms with Crippen molar-refractivity contribution in [2.75, 3.05) is 31.1 Å². The van der Waals surface area contributed by atoms with Crippen LogP contribution in [0.25, 0.3) is 0 Å². The Bertz CT molecular complexity index is 848. The molecular formula is C22H30N4O2. The summed E-state index contributed by atoms with van der Waals surface area (Å²) in [4.78, 5) is 17.2. The minimum Gasteiger partial charge on any atom is -0.391 e. The smallest absolute Gasteiger partial charge is 0.269 e. The lowest BCUT2D eigenvalue weighted by Gasteiger charge is -2.33. The maximum atomic E-state index is 12.7. The largest absolute Gasteiger partial charge is 0.391 e. The van der Waals surface area contributed by atoms with Crippen LogP contribution in [0.1, 0.15) is 43.4 Å². The normalized spacial score (nSPS) is 23.3. The minimum absolute atomic E-state index is 0.0435. The summed E-state index contributed by atoms with van der Waals surface area (Å²) in [6.07, 6.45) is 5.35. The van der Waals surface area contributed by atoms with Crippen LogP contribution in [0.4, 0.5) is 5.69 Å². The van der Waals surface area contributed by atoms with Crippen molar-refractivity contribution in [3.05, 3.63) is 58.0 Å². The summed E-state index contributed by atoms with van der Waals surface area (Å²) in [6, 6.07) is 10.6. The molecule has 2 aliphatic heterocycles. The number of aryl methyl sites for hydroxylation is 1. The molecule has 3 heterocycles. The molecule has 6 nitrogen and oxygen atoms in total. The summed E-state index contributed by atoms with van der Waals surface area (Å²) < 4.78 is 1.66. The second kappa shape index (κ2) is 8.45. The predicted octanol–water partition coefficient (Wildman–Crippen LogP) is 2.21. The molecule has 2 aliphatic rings. The Morgan fingerprint density at radius 1 is 1.11 bits per heavy atom. The molecule has 2 fully saturated rings. The molecule has 6 heteroatoms. The van der Waals surface area contributed by atoms with Crippen molar-refractivity contribution in [3.8, 4) is 0 Å². The van der Waals surface area contributed by atoms with E-state index in [1.807, 2.05) is 4.90 Å². The molecule has 0 bridgehead atoms. The first-order valence-electron chi connectivity index (χ1n) is 10.4. The number of hydrogen-bond acceptors (Lipinski definition) is 5. The number of aliphatic hydroxyl groups excluding tert-OH is 1. The summed E-state index contributed by atoms with van der Waals surface area (Å²) in [5.74, 6) is 0. The number of aliphatic hydroxyl groups is 1. The monoisotopic (exact) mass is 382 g/mol. The summed E-state index contributed by atoms with van der Waals surface area (Å²) >= 11 is 0. The maximum absolute atomic E-state index is 12.7. The highest BCUT2D eigenvalue weighted by Gasteiger charge is 2.25. The van der Waals surface area contributed by atoms with Crippen LogP contribution in [-0.2, 0) is 13.0 Å². The van der Waals surface area contributed by atoms with Crippen molar-refractivity contribution < 1.29 is 5.11 Å². The van der Waals surface area contributed by atoms with Crippen LogP contribution in [-0.4, -0.2) is 52.1 Å². The van der Waals surface area contributed by atoms with Gasteiger partial charge < -0.3 is 10.0 Å². The second-order valence-corrected chi connectivity index (χ2v) is 8.09. The van der Waals surface area contributed by atoms with Gasteiger partial charge in [0.15, 0.2) is 0 Å². The average molecular weight is 383 g/mol. The van der Waals surface area contributed by atoms with E-state index >= 15 is 0 Å². The molecule has 2 saturated heterocycles. The van der Waals surface area contributed by atoms with E-state index in [0.29, 0.717) is 6.54 Å². The van der Waals surface area contributed by atoms with Crippen molar-refractivity contribution in [3.63, 3.8) is 0 Å². The molecule has 1 aromatic carbocycles. The molecule has 150 valence electrons. The number of benzene rings is 1. The van der Waals surface area contributed by atoms with E-state index in [0.717, 1.165) is 57.5 Å². The Morgan fingerprint density at radius 3 is 2.57 bits per heavy atom. The molecule has 4 rings (SSSR count). The van der Waals surface area contributed by atoms with Gasteiger partial charge in [-0.2, -0.15) is 5.10 Å². The Kier molecular flexibility index (Phi) is 5.78. The zero-order valence-electron chi connectivity index (χ0n) is 16.6. The molecule has 0 amide bonds. The molecule has 28 heavy (non-hydrogen) atoms. The third-order valence-corrected chi connectivity index (χ3v) is 6.00. The van der Waals surface area contributed by atoms with Crippen molar-refractivity contribution in [1.29, 1.82) is 0 Å². The third kappa shape index (κ3) is 4.28. The third-order valence-electron chi connectivity index (χ3n) is 6.00. The average Bonchev–Trinajstić information content (AvgIpc) is 3.15. The highest BCUT2D eigenvalue weighted by atomic mass is 16.3. The van der Waals surface area contributed by atoms with Gasteiger partial charge in [0, 0.05) is 32.2 Å².